The average molecular weight is 665 g/mol. The topological polar surface area (TPSA) is 149 Å². The van der Waals surface area contributed by atoms with Crippen LogP contribution in [0.25, 0.3) is 22.4 Å². The number of pyridine rings is 1. The number of hydrogen-bond donors (Lipinski definition) is 3. The molecule has 14 heteroatoms. The van der Waals surface area contributed by atoms with Crippen LogP contribution in [-0.4, -0.2) is 50.8 Å². The van der Waals surface area contributed by atoms with Gasteiger partial charge in [0.05, 0.1) is 28.5 Å². The van der Waals surface area contributed by atoms with Gasteiger partial charge in [-0.15, -0.1) is 0 Å². The van der Waals surface area contributed by atoms with Gasteiger partial charge in [-0.25, -0.2) is 14.5 Å². The van der Waals surface area contributed by atoms with Gasteiger partial charge >= 0.3 is 5.69 Å². The van der Waals surface area contributed by atoms with E-state index >= 15 is 0 Å². The summed E-state index contributed by atoms with van der Waals surface area (Å²) in [5.41, 5.74) is 2.89. The second-order valence-electron chi connectivity index (χ2n) is 11.3. The SMILES string of the molecule is COc1nc(-c2cccc(-c3cccc(NC(=O)c4nn(C)c(=O)n(C)c4=O)c3Cl)c2Cl)cc2c1C(NCC1CCC(=O)N1)CC2. The van der Waals surface area contributed by atoms with Crippen molar-refractivity contribution in [1.82, 2.24) is 30.0 Å². The van der Waals surface area contributed by atoms with Gasteiger partial charge < -0.3 is 20.7 Å². The molecule has 3 N–H and O–H groups in total. The predicted molar refractivity (Wildman–Crippen MR) is 175 cm³/mol. The highest BCUT2D eigenvalue weighted by Gasteiger charge is 2.30. The zero-order chi connectivity index (χ0) is 32.7. The molecule has 0 radical (unpaired) electrons. The maximum Gasteiger partial charge on any atom is 0.346 e. The first-order valence-electron chi connectivity index (χ1n) is 14.7. The molecule has 1 saturated heterocycles. The molecule has 12 nitrogen and oxygen atoms in total. The third-order valence-electron chi connectivity index (χ3n) is 8.40. The molecule has 2 aliphatic rings. The van der Waals surface area contributed by atoms with Crippen molar-refractivity contribution in [1.29, 1.82) is 0 Å². The van der Waals surface area contributed by atoms with Crippen molar-refractivity contribution in [3.63, 3.8) is 0 Å². The number of carbonyl (C=O) groups excluding carboxylic acids is 2. The molecule has 1 aliphatic heterocycles. The first-order valence-corrected chi connectivity index (χ1v) is 15.5. The average Bonchev–Trinajstić information content (AvgIpc) is 3.66. The molecule has 1 aliphatic carbocycles. The second-order valence-corrected chi connectivity index (χ2v) is 12.1. The Morgan fingerprint density at radius 2 is 1.74 bits per heavy atom. The smallest absolute Gasteiger partial charge is 0.346 e. The molecule has 2 aromatic heterocycles. The van der Waals surface area contributed by atoms with Crippen LogP contribution in [0.5, 0.6) is 5.88 Å². The Kier molecular flexibility index (Phi) is 8.69. The number of nitrogens with zero attached hydrogens (tertiary/aromatic N) is 4. The van der Waals surface area contributed by atoms with Crippen LogP contribution in [0.1, 0.15) is 46.9 Å². The van der Waals surface area contributed by atoms with Gasteiger partial charge in [0.1, 0.15) is 0 Å². The van der Waals surface area contributed by atoms with Crippen molar-refractivity contribution in [2.24, 2.45) is 14.1 Å². The summed E-state index contributed by atoms with van der Waals surface area (Å²) in [6.07, 6.45) is 3.08. The fourth-order valence-corrected chi connectivity index (χ4v) is 6.61. The summed E-state index contributed by atoms with van der Waals surface area (Å²) in [5, 5.41) is 13.6. The van der Waals surface area contributed by atoms with Crippen LogP contribution >= 0.6 is 23.2 Å². The lowest BCUT2D eigenvalue weighted by atomic mass is 9.99. The van der Waals surface area contributed by atoms with Gasteiger partial charge in [-0.2, -0.15) is 5.10 Å². The van der Waals surface area contributed by atoms with E-state index in [9.17, 15) is 19.2 Å². The van der Waals surface area contributed by atoms with Gasteiger partial charge in [-0.05, 0) is 37.0 Å². The number of carbonyl (C=O) groups is 2. The van der Waals surface area contributed by atoms with Crippen LogP contribution in [0.4, 0.5) is 5.69 Å². The fraction of sp³-hybridized carbons (Fsp3) is 0.312. The first-order chi connectivity index (χ1) is 22.1. The Balaban J connectivity index is 1.29. The lowest BCUT2D eigenvalue weighted by Crippen LogP contribution is -2.43. The fourth-order valence-electron chi connectivity index (χ4n) is 6.02. The quantitative estimate of drug-likeness (QED) is 0.259. The monoisotopic (exact) mass is 663 g/mol. The number of ether oxygens (including phenoxy) is 1. The zero-order valence-electron chi connectivity index (χ0n) is 25.3. The number of hydrogen-bond acceptors (Lipinski definition) is 8. The molecule has 0 saturated carbocycles. The minimum absolute atomic E-state index is 0.0544. The summed E-state index contributed by atoms with van der Waals surface area (Å²) in [5.74, 6) is -0.212. The minimum atomic E-state index is -0.828. The number of methoxy groups -OCH3 is 1. The van der Waals surface area contributed by atoms with E-state index in [0.29, 0.717) is 46.3 Å². The Morgan fingerprint density at radius 1 is 1.02 bits per heavy atom. The molecule has 2 aromatic carbocycles. The van der Waals surface area contributed by atoms with Crippen molar-refractivity contribution in [2.45, 2.75) is 37.8 Å². The lowest BCUT2D eigenvalue weighted by molar-refractivity contribution is -0.119. The number of amides is 2. The van der Waals surface area contributed by atoms with Gasteiger partial charge in [0.25, 0.3) is 11.5 Å². The van der Waals surface area contributed by atoms with Crippen LogP contribution in [0.15, 0.2) is 52.1 Å². The van der Waals surface area contributed by atoms with Crippen molar-refractivity contribution in [3.05, 3.63) is 90.2 Å². The molecule has 4 aromatic rings. The highest BCUT2D eigenvalue weighted by Crippen LogP contribution is 2.44. The Bertz CT molecular complexity index is 2010. The largest absolute Gasteiger partial charge is 0.481 e. The molecule has 46 heavy (non-hydrogen) atoms. The second kappa shape index (κ2) is 12.7. The summed E-state index contributed by atoms with van der Waals surface area (Å²) < 4.78 is 7.48. The van der Waals surface area contributed by atoms with Gasteiger partial charge in [-0.3, -0.25) is 19.0 Å². The van der Waals surface area contributed by atoms with E-state index in [2.05, 4.69) is 21.0 Å². The molecule has 2 unspecified atom stereocenters. The number of nitrogens with one attached hydrogen (secondary N) is 3. The molecular formula is C32H31Cl2N7O5. The summed E-state index contributed by atoms with van der Waals surface area (Å²) >= 11 is 13.8. The summed E-state index contributed by atoms with van der Waals surface area (Å²) in [6, 6.07) is 12.8. The van der Waals surface area contributed by atoms with Crippen LogP contribution in [-0.2, 0) is 25.3 Å². The van der Waals surface area contributed by atoms with Gasteiger partial charge in [0.2, 0.25) is 17.5 Å². The Morgan fingerprint density at radius 3 is 2.46 bits per heavy atom. The maximum atomic E-state index is 13.0. The molecule has 238 valence electrons. The minimum Gasteiger partial charge on any atom is -0.481 e. The summed E-state index contributed by atoms with van der Waals surface area (Å²) in [6.45, 7) is 0.674. The molecular weight excluding hydrogens is 633 g/mol. The van der Waals surface area contributed by atoms with Crippen molar-refractivity contribution >= 4 is 40.7 Å². The third kappa shape index (κ3) is 5.79. The maximum absolute atomic E-state index is 13.0. The normalized spacial score (nSPS) is 17.1. The van der Waals surface area contributed by atoms with E-state index in [4.69, 9.17) is 32.9 Å². The molecule has 3 heterocycles. The lowest BCUT2D eigenvalue weighted by Gasteiger charge is -2.20. The standard InChI is InChI=1S/C32H31Cl2N7O5/c1-40-31(44)28(39-41(2)32(40)45)29(43)37-22-9-5-7-19(27(22)34)18-6-4-8-20(26(18)33)23-14-16-10-12-21(25(16)30(38-23)46-3)35-15-17-11-13-24(42)36-17/h4-9,14,17,21,35H,10-13,15H2,1-3H3,(H,36,42)(H,37,43). The van der Waals surface area contributed by atoms with Gasteiger partial charge in [0, 0.05) is 61.4 Å². The van der Waals surface area contributed by atoms with Crippen LogP contribution in [0.2, 0.25) is 10.0 Å². The highest BCUT2D eigenvalue weighted by molar-refractivity contribution is 6.39. The van der Waals surface area contributed by atoms with Crippen LogP contribution in [0, 0.1) is 0 Å². The van der Waals surface area contributed by atoms with Crippen LogP contribution < -0.4 is 31.9 Å². The van der Waals surface area contributed by atoms with Gasteiger partial charge in [0.15, 0.2) is 0 Å². The molecule has 0 bridgehead atoms. The summed E-state index contributed by atoms with van der Waals surface area (Å²) in [4.78, 5) is 54.0. The number of fused-ring (bicyclic) bond motifs is 1. The zero-order valence-corrected chi connectivity index (χ0v) is 26.8. The number of anilines is 1. The van der Waals surface area contributed by atoms with E-state index in [1.54, 1.807) is 25.3 Å². The summed E-state index contributed by atoms with van der Waals surface area (Å²) in [7, 11) is 4.21. The first kappa shape index (κ1) is 31.5. The molecule has 1 fully saturated rings. The van der Waals surface area contributed by atoms with Crippen molar-refractivity contribution in [3.8, 4) is 28.3 Å². The number of aromatic nitrogens is 4. The Labute approximate surface area is 273 Å². The van der Waals surface area contributed by atoms with E-state index in [-0.39, 0.29) is 28.7 Å². The highest BCUT2D eigenvalue weighted by atomic mass is 35.5. The molecule has 6 rings (SSSR count). The third-order valence-corrected chi connectivity index (χ3v) is 9.21. The number of halogens is 2. The number of rotatable bonds is 8. The molecule has 2 amide bonds. The number of benzene rings is 2. The molecule has 2 atom stereocenters. The van der Waals surface area contributed by atoms with Gasteiger partial charge in [-0.1, -0.05) is 53.5 Å². The Hall–Kier alpha value is -4.52. The van der Waals surface area contributed by atoms with Crippen LogP contribution in [0.3, 0.4) is 0 Å². The number of aryl methyl sites for hydroxylation is 2. The van der Waals surface area contributed by atoms with E-state index in [1.165, 1.54) is 14.1 Å². The van der Waals surface area contributed by atoms with E-state index < -0.39 is 22.9 Å². The van der Waals surface area contributed by atoms with Crippen molar-refractivity contribution < 1.29 is 14.3 Å². The van der Waals surface area contributed by atoms with Crippen molar-refractivity contribution in [2.75, 3.05) is 19.0 Å². The predicted octanol–water partition coefficient (Wildman–Crippen LogP) is 3.63. The van der Waals surface area contributed by atoms with E-state index in [0.717, 1.165) is 39.6 Å². The van der Waals surface area contributed by atoms with E-state index in [1.807, 2.05) is 24.3 Å². The molecule has 0 spiro atoms.